The molecule has 0 radical (unpaired) electrons. The molecule has 27 heavy (non-hydrogen) atoms. The third-order valence-corrected chi connectivity index (χ3v) is 5.66. The number of amides is 1. The molecule has 1 saturated heterocycles. The van der Waals surface area contributed by atoms with Gasteiger partial charge in [-0.05, 0) is 31.7 Å². The van der Waals surface area contributed by atoms with E-state index in [0.29, 0.717) is 32.1 Å². The van der Waals surface area contributed by atoms with Gasteiger partial charge in [0.1, 0.15) is 0 Å². The van der Waals surface area contributed by atoms with Crippen molar-refractivity contribution in [3.05, 3.63) is 35.4 Å². The second kappa shape index (κ2) is 7.75. The summed E-state index contributed by atoms with van der Waals surface area (Å²) in [5.74, 6) is 2.70. The predicted molar refractivity (Wildman–Crippen MR) is 99.3 cm³/mol. The number of hydrogen-bond acceptors (Lipinski definition) is 3. The first-order valence-corrected chi connectivity index (χ1v) is 9.42. The number of carbonyl (C=O) groups excluding carboxylic acids is 1. The van der Waals surface area contributed by atoms with Crippen LogP contribution in [0.15, 0.2) is 34.5 Å². The Morgan fingerprint density at radius 3 is 2.59 bits per heavy atom. The summed E-state index contributed by atoms with van der Waals surface area (Å²) < 4.78 is 25.5. The number of benzene rings is 1. The number of nitrogens with zero attached hydrogens (tertiary/aromatic N) is 3. The minimum Gasteiger partial charge on any atom is -0.337 e. The molecule has 2 heterocycles. The second-order valence-electron chi connectivity index (χ2n) is 7.75. The van der Waals surface area contributed by atoms with Gasteiger partial charge in [-0.3, -0.25) is 4.79 Å². The largest absolute Gasteiger partial charge is 0.337 e. The van der Waals surface area contributed by atoms with Gasteiger partial charge in [0.05, 0.1) is 0 Å². The molecule has 0 bridgehead atoms. The number of carbonyl (C=O) groups is 1. The van der Waals surface area contributed by atoms with Crippen LogP contribution in [0.25, 0.3) is 0 Å². The molecule has 3 rings (SSSR count). The number of rotatable bonds is 8. The molecule has 1 aromatic carbocycles. The Bertz CT molecular complexity index is 748. The van der Waals surface area contributed by atoms with Crippen molar-refractivity contribution in [3.63, 3.8) is 0 Å². The van der Waals surface area contributed by atoms with Crippen LogP contribution in [0.5, 0.6) is 0 Å². The summed E-state index contributed by atoms with van der Waals surface area (Å²) in [5.41, 5.74) is 0.271. The van der Waals surface area contributed by atoms with Gasteiger partial charge < -0.3 is 4.90 Å². The first kappa shape index (κ1) is 19.5. The Labute approximate surface area is 159 Å². The first-order valence-electron chi connectivity index (χ1n) is 9.42. The molecule has 144 valence electrons. The summed E-state index contributed by atoms with van der Waals surface area (Å²) in [5, 5.41) is 8.19. The fourth-order valence-corrected chi connectivity index (χ4v) is 3.96. The fourth-order valence-electron chi connectivity index (χ4n) is 3.96. The van der Waals surface area contributed by atoms with Crippen LogP contribution in [-0.4, -0.2) is 28.6 Å². The standard InChI is InChI=1S/C21H25F2N3O/c1-3-4-12-21(24-25-21)13-10-18(27)26-14-5-11-20(26,2)15-16-6-8-17(9-7-16)19(22)23/h1,6-9,19H,4-5,10-15H2,2H3. The van der Waals surface area contributed by atoms with E-state index in [4.69, 9.17) is 6.42 Å². The highest BCUT2D eigenvalue weighted by Gasteiger charge is 2.43. The van der Waals surface area contributed by atoms with Crippen molar-refractivity contribution in [3.8, 4) is 12.3 Å². The zero-order valence-corrected chi connectivity index (χ0v) is 15.6. The van der Waals surface area contributed by atoms with Crippen LogP contribution in [0.3, 0.4) is 0 Å². The van der Waals surface area contributed by atoms with Gasteiger partial charge in [0, 0.05) is 43.3 Å². The molecule has 0 spiro atoms. The van der Waals surface area contributed by atoms with E-state index in [0.717, 1.165) is 24.9 Å². The second-order valence-corrected chi connectivity index (χ2v) is 7.75. The molecule has 6 heteroatoms. The molecule has 4 nitrogen and oxygen atoms in total. The van der Waals surface area contributed by atoms with E-state index in [-0.39, 0.29) is 17.0 Å². The van der Waals surface area contributed by atoms with Crippen LogP contribution >= 0.6 is 0 Å². The van der Waals surface area contributed by atoms with Crippen LogP contribution in [0, 0.1) is 12.3 Å². The predicted octanol–water partition coefficient (Wildman–Crippen LogP) is 4.90. The molecule has 1 fully saturated rings. The Kier molecular flexibility index (Phi) is 5.59. The molecule has 2 aliphatic rings. The number of hydrogen-bond donors (Lipinski definition) is 0. The van der Waals surface area contributed by atoms with Gasteiger partial charge in [0.15, 0.2) is 5.66 Å². The maximum absolute atomic E-state index is 12.8. The molecule has 0 aliphatic carbocycles. The van der Waals surface area contributed by atoms with Crippen LogP contribution in [0.4, 0.5) is 8.78 Å². The van der Waals surface area contributed by atoms with E-state index in [1.807, 2.05) is 4.90 Å². The van der Waals surface area contributed by atoms with Crippen LogP contribution in [0.1, 0.15) is 63.0 Å². The monoisotopic (exact) mass is 373 g/mol. The van der Waals surface area contributed by atoms with Gasteiger partial charge in [-0.1, -0.05) is 24.3 Å². The smallest absolute Gasteiger partial charge is 0.263 e. The van der Waals surface area contributed by atoms with Crippen molar-refractivity contribution < 1.29 is 13.6 Å². The SMILES string of the molecule is C#CCCC1(CCC(=O)N2CCCC2(C)Cc2ccc(C(F)F)cc2)N=N1. The normalized spacial score (nSPS) is 22.9. The number of terminal acetylenes is 1. The molecule has 1 unspecified atom stereocenters. The molecular weight excluding hydrogens is 348 g/mol. The van der Waals surface area contributed by atoms with Crippen LogP contribution in [0.2, 0.25) is 0 Å². The maximum Gasteiger partial charge on any atom is 0.263 e. The average molecular weight is 373 g/mol. The van der Waals surface area contributed by atoms with Gasteiger partial charge in [0.2, 0.25) is 5.91 Å². The van der Waals surface area contributed by atoms with Gasteiger partial charge >= 0.3 is 0 Å². The Morgan fingerprint density at radius 2 is 2.00 bits per heavy atom. The highest BCUT2D eigenvalue weighted by atomic mass is 19.3. The Hall–Kier alpha value is -2.29. The van der Waals surface area contributed by atoms with Gasteiger partial charge in [-0.25, -0.2) is 8.78 Å². The molecule has 2 aliphatic heterocycles. The van der Waals surface area contributed by atoms with E-state index >= 15 is 0 Å². The van der Waals surface area contributed by atoms with E-state index in [2.05, 4.69) is 23.1 Å². The maximum atomic E-state index is 12.8. The van der Waals surface area contributed by atoms with Gasteiger partial charge in [-0.2, -0.15) is 10.2 Å². The van der Waals surface area contributed by atoms with E-state index in [9.17, 15) is 13.6 Å². The van der Waals surface area contributed by atoms with Crippen molar-refractivity contribution in [2.75, 3.05) is 6.54 Å². The zero-order chi connectivity index (χ0) is 19.5. The van der Waals surface area contributed by atoms with Crippen molar-refractivity contribution in [2.24, 2.45) is 10.2 Å². The van der Waals surface area contributed by atoms with Gasteiger partial charge in [-0.15, -0.1) is 12.3 Å². The van der Waals surface area contributed by atoms with Crippen LogP contribution < -0.4 is 0 Å². The lowest BCUT2D eigenvalue weighted by molar-refractivity contribution is -0.135. The lowest BCUT2D eigenvalue weighted by atomic mass is 9.89. The van der Waals surface area contributed by atoms with Crippen molar-refractivity contribution in [1.82, 2.24) is 4.90 Å². The quantitative estimate of drug-likeness (QED) is 0.598. The summed E-state index contributed by atoms with van der Waals surface area (Å²) in [4.78, 5) is 14.8. The highest BCUT2D eigenvalue weighted by Crippen LogP contribution is 2.39. The minimum atomic E-state index is -2.46. The minimum absolute atomic E-state index is 0.0254. The van der Waals surface area contributed by atoms with Gasteiger partial charge in [0.25, 0.3) is 6.43 Å². The molecule has 1 aromatic rings. The lowest BCUT2D eigenvalue weighted by Crippen LogP contribution is -2.46. The number of likely N-dealkylation sites (tertiary alicyclic amines) is 1. The molecule has 1 atom stereocenters. The summed E-state index contributed by atoms with van der Waals surface area (Å²) in [6, 6.07) is 6.42. The van der Waals surface area contributed by atoms with E-state index < -0.39 is 12.1 Å². The van der Waals surface area contributed by atoms with Crippen LogP contribution in [-0.2, 0) is 11.2 Å². The lowest BCUT2D eigenvalue weighted by Gasteiger charge is -2.36. The summed E-state index contributed by atoms with van der Waals surface area (Å²) in [6.45, 7) is 2.81. The first-order chi connectivity index (χ1) is 12.9. The topological polar surface area (TPSA) is 45.0 Å². The summed E-state index contributed by atoms with van der Waals surface area (Å²) >= 11 is 0. The third kappa shape index (κ3) is 4.52. The van der Waals surface area contributed by atoms with Crippen molar-refractivity contribution in [1.29, 1.82) is 0 Å². The van der Waals surface area contributed by atoms with Crippen molar-refractivity contribution in [2.45, 2.75) is 69.5 Å². The summed E-state index contributed by atoms with van der Waals surface area (Å²) in [6.07, 6.45) is 7.68. The fraction of sp³-hybridized carbons (Fsp3) is 0.571. The average Bonchev–Trinajstić information content (AvgIpc) is 3.32. The molecule has 1 amide bonds. The van der Waals surface area contributed by atoms with E-state index in [1.54, 1.807) is 12.1 Å². The Balaban J connectivity index is 1.59. The molecular formula is C21H25F2N3O. The molecule has 0 saturated carbocycles. The van der Waals surface area contributed by atoms with E-state index in [1.165, 1.54) is 12.1 Å². The number of halogens is 2. The highest BCUT2D eigenvalue weighted by molar-refractivity contribution is 5.77. The number of alkyl halides is 2. The zero-order valence-electron chi connectivity index (χ0n) is 15.6. The van der Waals surface area contributed by atoms with Crippen molar-refractivity contribution >= 4 is 5.91 Å². The third-order valence-electron chi connectivity index (χ3n) is 5.66. The Morgan fingerprint density at radius 1 is 1.30 bits per heavy atom. The molecule has 0 aromatic heterocycles. The molecule has 0 N–H and O–H groups in total. The summed E-state index contributed by atoms with van der Waals surface area (Å²) in [7, 11) is 0.